The normalized spacial score (nSPS) is 21.3. The van der Waals surface area contributed by atoms with Gasteiger partial charge in [-0.15, -0.1) is 0 Å². The summed E-state index contributed by atoms with van der Waals surface area (Å²) in [6.45, 7) is 2.15. The number of epoxide rings is 1. The molecule has 0 saturated carbocycles. The summed E-state index contributed by atoms with van der Waals surface area (Å²) in [5.74, 6) is -0.717. The minimum absolute atomic E-state index is 0.255. The highest BCUT2D eigenvalue weighted by atomic mass is 16.6. The summed E-state index contributed by atoms with van der Waals surface area (Å²) >= 11 is 0. The summed E-state index contributed by atoms with van der Waals surface area (Å²) in [6, 6.07) is 0. The molecule has 0 amide bonds. The third-order valence-corrected chi connectivity index (χ3v) is 3.63. The molecule has 0 aliphatic carbocycles. The Morgan fingerprint density at radius 2 is 1.48 bits per heavy atom. The van der Waals surface area contributed by atoms with E-state index in [0.29, 0.717) is 12.2 Å². The van der Waals surface area contributed by atoms with Crippen LogP contribution >= 0.6 is 0 Å². The Kier molecular flexibility index (Phi) is 10.9. The number of allylic oxidation sites excluding steroid dienone is 6. The largest absolute Gasteiger partial charge is 0.481 e. The molecule has 1 saturated heterocycles. The van der Waals surface area contributed by atoms with Crippen molar-refractivity contribution in [3.8, 4) is 0 Å². The van der Waals surface area contributed by atoms with Crippen LogP contribution in [0, 0.1) is 0 Å². The molecular formula is C20H30O3. The second-order valence-electron chi connectivity index (χ2n) is 5.74. The Morgan fingerprint density at radius 3 is 2.09 bits per heavy atom. The molecule has 1 aliphatic rings. The van der Waals surface area contributed by atoms with Gasteiger partial charge < -0.3 is 9.84 Å². The lowest BCUT2D eigenvalue weighted by Crippen LogP contribution is -1.92. The van der Waals surface area contributed by atoms with Crippen molar-refractivity contribution in [1.82, 2.24) is 0 Å². The quantitative estimate of drug-likeness (QED) is 0.288. The molecule has 0 bridgehead atoms. The van der Waals surface area contributed by atoms with Gasteiger partial charge in [-0.3, -0.25) is 4.79 Å². The molecule has 0 aromatic rings. The predicted octanol–water partition coefficient (Wildman–Crippen LogP) is 5.20. The Labute approximate surface area is 140 Å². The van der Waals surface area contributed by atoms with E-state index in [1.807, 2.05) is 0 Å². The first kappa shape index (κ1) is 19.4. The van der Waals surface area contributed by atoms with Crippen LogP contribution in [0.25, 0.3) is 0 Å². The van der Waals surface area contributed by atoms with Crippen LogP contribution in [-0.4, -0.2) is 23.3 Å². The Bertz CT molecular complexity index is 432. The van der Waals surface area contributed by atoms with E-state index in [0.717, 1.165) is 44.9 Å². The van der Waals surface area contributed by atoms with Gasteiger partial charge >= 0.3 is 5.97 Å². The number of carboxylic acids is 1. The summed E-state index contributed by atoms with van der Waals surface area (Å²) in [5, 5.41) is 8.51. The first-order valence-electron chi connectivity index (χ1n) is 8.71. The van der Waals surface area contributed by atoms with Crippen LogP contribution in [0.15, 0.2) is 48.6 Å². The fraction of sp³-hybridized carbons (Fsp3) is 0.550. The van der Waals surface area contributed by atoms with Gasteiger partial charge in [-0.2, -0.15) is 0 Å². The van der Waals surface area contributed by atoms with Crippen molar-refractivity contribution in [3.63, 3.8) is 0 Å². The van der Waals surface area contributed by atoms with E-state index in [4.69, 9.17) is 9.84 Å². The molecule has 128 valence electrons. The Morgan fingerprint density at radius 1 is 0.913 bits per heavy atom. The number of aliphatic carboxylic acids is 1. The van der Waals surface area contributed by atoms with Crippen LogP contribution in [0.5, 0.6) is 0 Å². The summed E-state index contributed by atoms with van der Waals surface area (Å²) in [5.41, 5.74) is 0. The number of hydrogen-bond donors (Lipinski definition) is 1. The van der Waals surface area contributed by atoms with Crippen molar-refractivity contribution in [3.05, 3.63) is 48.6 Å². The lowest BCUT2D eigenvalue weighted by atomic mass is 10.1. The molecule has 0 spiro atoms. The average Bonchev–Trinajstić information content (AvgIpc) is 3.27. The van der Waals surface area contributed by atoms with Gasteiger partial charge in [0.2, 0.25) is 0 Å². The van der Waals surface area contributed by atoms with Gasteiger partial charge in [0, 0.05) is 6.42 Å². The molecule has 23 heavy (non-hydrogen) atoms. The van der Waals surface area contributed by atoms with Crippen LogP contribution in [-0.2, 0) is 9.53 Å². The van der Waals surface area contributed by atoms with Gasteiger partial charge in [0.25, 0.3) is 0 Å². The number of unbranched alkanes of at least 4 members (excludes halogenated alkanes) is 1. The lowest BCUT2D eigenvalue weighted by molar-refractivity contribution is -0.137. The fourth-order valence-electron chi connectivity index (χ4n) is 2.25. The Balaban J connectivity index is 1.93. The number of carbonyl (C=O) groups is 1. The van der Waals surface area contributed by atoms with Crippen molar-refractivity contribution in [2.75, 3.05) is 0 Å². The SMILES string of the molecule is CCC=CCC1OC1CC=CCC=CCC=CCCCC(=O)O. The zero-order valence-corrected chi connectivity index (χ0v) is 14.2. The fourth-order valence-corrected chi connectivity index (χ4v) is 2.25. The minimum atomic E-state index is -0.717. The van der Waals surface area contributed by atoms with Crippen LogP contribution in [0.1, 0.15) is 58.3 Å². The third-order valence-electron chi connectivity index (χ3n) is 3.63. The first-order valence-corrected chi connectivity index (χ1v) is 8.71. The predicted molar refractivity (Wildman–Crippen MR) is 95.5 cm³/mol. The van der Waals surface area contributed by atoms with Crippen molar-refractivity contribution in [2.24, 2.45) is 0 Å². The van der Waals surface area contributed by atoms with Crippen LogP contribution < -0.4 is 0 Å². The molecule has 2 unspecified atom stereocenters. The second kappa shape index (κ2) is 12.9. The molecule has 2 atom stereocenters. The molecule has 3 heteroatoms. The highest BCUT2D eigenvalue weighted by Gasteiger charge is 2.35. The monoisotopic (exact) mass is 318 g/mol. The maximum Gasteiger partial charge on any atom is 0.303 e. The molecule has 0 aromatic carbocycles. The highest BCUT2D eigenvalue weighted by Crippen LogP contribution is 2.28. The average molecular weight is 318 g/mol. The topological polar surface area (TPSA) is 49.8 Å². The molecule has 1 rings (SSSR count). The molecule has 1 aliphatic heterocycles. The molecule has 1 heterocycles. The van der Waals surface area contributed by atoms with Crippen molar-refractivity contribution >= 4 is 5.97 Å². The number of hydrogen-bond acceptors (Lipinski definition) is 2. The van der Waals surface area contributed by atoms with Crippen molar-refractivity contribution in [1.29, 1.82) is 0 Å². The lowest BCUT2D eigenvalue weighted by Gasteiger charge is -1.90. The van der Waals surface area contributed by atoms with E-state index in [1.165, 1.54) is 0 Å². The third kappa shape index (κ3) is 11.6. The maximum absolute atomic E-state index is 10.3. The van der Waals surface area contributed by atoms with Gasteiger partial charge in [0.1, 0.15) is 0 Å². The van der Waals surface area contributed by atoms with Crippen molar-refractivity contribution in [2.45, 2.75) is 70.5 Å². The summed E-state index contributed by atoms with van der Waals surface area (Å²) < 4.78 is 5.60. The van der Waals surface area contributed by atoms with Gasteiger partial charge in [0.15, 0.2) is 0 Å². The van der Waals surface area contributed by atoms with Gasteiger partial charge in [-0.1, -0.05) is 55.5 Å². The second-order valence-corrected chi connectivity index (χ2v) is 5.74. The number of rotatable bonds is 13. The maximum atomic E-state index is 10.3. The summed E-state index contributed by atoms with van der Waals surface area (Å²) in [6.07, 6.45) is 25.0. The van der Waals surface area contributed by atoms with Crippen LogP contribution in [0.3, 0.4) is 0 Å². The minimum Gasteiger partial charge on any atom is -0.481 e. The van der Waals surface area contributed by atoms with Gasteiger partial charge in [-0.05, 0) is 44.9 Å². The van der Waals surface area contributed by atoms with Crippen LogP contribution in [0.4, 0.5) is 0 Å². The van der Waals surface area contributed by atoms with Crippen LogP contribution in [0.2, 0.25) is 0 Å². The molecule has 1 fully saturated rings. The van der Waals surface area contributed by atoms with Gasteiger partial charge in [0.05, 0.1) is 12.2 Å². The summed E-state index contributed by atoms with van der Waals surface area (Å²) in [7, 11) is 0. The highest BCUT2D eigenvalue weighted by molar-refractivity contribution is 5.66. The standard InChI is InChI=1S/C20H30O3/c1-2-3-12-15-18-19(23-18)16-13-10-8-6-4-5-7-9-11-14-17-20(21)22/h3-4,6-7,9-10,12-13,18-19H,2,5,8,11,14-17H2,1H3,(H,21,22). The zero-order chi connectivity index (χ0) is 16.8. The molecule has 0 radical (unpaired) electrons. The molecule has 1 N–H and O–H groups in total. The first-order chi connectivity index (χ1) is 11.2. The smallest absolute Gasteiger partial charge is 0.303 e. The molecular weight excluding hydrogens is 288 g/mol. The summed E-state index contributed by atoms with van der Waals surface area (Å²) in [4.78, 5) is 10.3. The zero-order valence-electron chi connectivity index (χ0n) is 14.2. The van der Waals surface area contributed by atoms with Crippen molar-refractivity contribution < 1.29 is 14.6 Å². The number of carboxylic acid groups (broad SMARTS) is 1. The van der Waals surface area contributed by atoms with E-state index in [9.17, 15) is 4.79 Å². The molecule has 3 nitrogen and oxygen atoms in total. The van der Waals surface area contributed by atoms with E-state index in [2.05, 4.69) is 55.5 Å². The van der Waals surface area contributed by atoms with Gasteiger partial charge in [-0.25, -0.2) is 0 Å². The van der Waals surface area contributed by atoms with E-state index < -0.39 is 5.97 Å². The van der Waals surface area contributed by atoms with E-state index in [1.54, 1.807) is 0 Å². The van der Waals surface area contributed by atoms with E-state index in [-0.39, 0.29) is 6.42 Å². The Hall–Kier alpha value is -1.61. The molecule has 0 aromatic heterocycles. The number of ether oxygens (including phenoxy) is 1. The van der Waals surface area contributed by atoms with E-state index >= 15 is 0 Å².